The Morgan fingerprint density at radius 2 is 0.909 bits per heavy atom. The van der Waals surface area contributed by atoms with Crippen LogP contribution in [0.4, 0.5) is 0 Å². The minimum absolute atomic E-state index is 0.507. The molecule has 236 valence electrons. The van der Waals surface area contributed by atoms with E-state index in [1.165, 1.54) is 34.1 Å². The highest BCUT2D eigenvalue weighted by molar-refractivity contribution is 6.77. The molecule has 2 aliphatic rings. The summed E-state index contributed by atoms with van der Waals surface area (Å²) in [5.74, 6) is 4.89. The van der Waals surface area contributed by atoms with Crippen molar-refractivity contribution in [1.82, 2.24) is 0 Å². The average molecular weight is 625 g/mol. The van der Waals surface area contributed by atoms with Gasteiger partial charge in [-0.1, -0.05) is 116 Å². The van der Waals surface area contributed by atoms with Gasteiger partial charge >= 0.3 is 0 Å². The lowest BCUT2D eigenvalue weighted by Crippen LogP contribution is -2.45. The molecule has 0 aromatic heterocycles. The van der Waals surface area contributed by atoms with E-state index in [1.807, 2.05) is 0 Å². The van der Waals surface area contributed by atoms with E-state index in [2.05, 4.69) is 141 Å². The van der Waals surface area contributed by atoms with Crippen LogP contribution in [-0.4, -0.2) is 16.6 Å². The largest absolute Gasteiger partial charge is 0.545 e. The molecule has 0 N–H and O–H groups in total. The lowest BCUT2D eigenvalue weighted by atomic mass is 9.88. The van der Waals surface area contributed by atoms with E-state index in [0.717, 1.165) is 49.3 Å². The number of benzene rings is 2. The maximum atomic E-state index is 7.38. The third-order valence-electron chi connectivity index (χ3n) is 10.4. The topological polar surface area (TPSA) is 18.5 Å². The summed E-state index contributed by atoms with van der Waals surface area (Å²) in [6.07, 6.45) is 12.6. The van der Waals surface area contributed by atoms with Crippen LogP contribution in [0.15, 0.2) is 85.4 Å². The Kier molecular flexibility index (Phi) is 11.5. The average Bonchev–Trinajstić information content (AvgIpc) is 3.52. The number of hydrogen-bond acceptors (Lipinski definition) is 2. The third kappa shape index (κ3) is 6.82. The van der Waals surface area contributed by atoms with E-state index in [1.54, 1.807) is 0 Å². The number of fused-ring (bicyclic) bond motifs is 2. The Hall–Kier alpha value is -2.57. The van der Waals surface area contributed by atoms with Crippen molar-refractivity contribution in [2.45, 2.75) is 115 Å². The van der Waals surface area contributed by atoms with Gasteiger partial charge in [-0.3, -0.25) is 0 Å². The lowest BCUT2D eigenvalue weighted by molar-refractivity contribution is 0.373. The molecule has 0 heterocycles. The molecule has 2 aromatic carbocycles. The van der Waals surface area contributed by atoms with E-state index in [0.29, 0.717) is 22.2 Å². The predicted molar refractivity (Wildman–Crippen MR) is 196 cm³/mol. The molecule has 2 aromatic rings. The molecule has 0 amide bonds. The highest BCUT2D eigenvalue weighted by atomic mass is 28.4. The maximum absolute atomic E-state index is 7.38. The van der Waals surface area contributed by atoms with E-state index in [-0.39, 0.29) is 0 Å². The molecule has 0 saturated heterocycles. The summed E-state index contributed by atoms with van der Waals surface area (Å²) in [4.78, 5) is 0. The van der Waals surface area contributed by atoms with Gasteiger partial charge < -0.3 is 8.85 Å². The molecule has 0 bridgehead atoms. The molecule has 4 heteroatoms. The summed E-state index contributed by atoms with van der Waals surface area (Å²) < 4.78 is 14.8. The maximum Gasteiger partial charge on any atom is 0.256 e. The molecule has 0 spiro atoms. The zero-order chi connectivity index (χ0) is 32.1. The van der Waals surface area contributed by atoms with Crippen LogP contribution in [-0.2, 0) is 8.85 Å². The van der Waals surface area contributed by atoms with Crippen LogP contribution in [0, 0.1) is 11.8 Å². The highest BCUT2D eigenvalue weighted by Crippen LogP contribution is 2.50. The molecule has 0 unspecified atom stereocenters. The zero-order valence-electron chi connectivity index (χ0n) is 28.7. The number of allylic oxidation sites excluding steroid dienone is 4. The van der Waals surface area contributed by atoms with Crippen molar-refractivity contribution in [3.63, 3.8) is 0 Å². The summed E-state index contributed by atoms with van der Waals surface area (Å²) in [5.41, 5.74) is 7.21. The quantitative estimate of drug-likeness (QED) is 0.129. The number of hydrogen-bond donors (Lipinski definition) is 0. The zero-order valence-corrected chi connectivity index (χ0v) is 30.7. The molecule has 0 aliphatic heterocycles. The first-order valence-corrected chi connectivity index (χ1v) is 21.5. The second kappa shape index (κ2) is 14.7. The molecule has 4 rings (SSSR count). The predicted octanol–water partition coefficient (Wildman–Crippen LogP) is 12.4. The van der Waals surface area contributed by atoms with Crippen LogP contribution in [0.5, 0.6) is 0 Å². The summed E-state index contributed by atoms with van der Waals surface area (Å²) in [5, 5.41) is 0. The number of rotatable bonds is 17. The molecule has 44 heavy (non-hydrogen) atoms. The Bertz CT molecular complexity index is 1230. The Morgan fingerprint density at radius 1 is 0.568 bits per heavy atom. The molecule has 0 saturated carbocycles. The molecule has 2 aliphatic carbocycles. The van der Waals surface area contributed by atoms with Crippen LogP contribution in [0.3, 0.4) is 0 Å². The molecule has 0 fully saturated rings. The van der Waals surface area contributed by atoms with Gasteiger partial charge in [0, 0.05) is 0 Å². The molecular weight excluding hydrogens is 569 g/mol. The van der Waals surface area contributed by atoms with Gasteiger partial charge in [0.15, 0.2) is 0 Å². The Morgan fingerprint density at radius 3 is 1.23 bits per heavy atom. The first-order chi connectivity index (χ1) is 21.0. The minimum Gasteiger partial charge on any atom is -0.545 e. The van der Waals surface area contributed by atoms with Gasteiger partial charge in [0.1, 0.15) is 0 Å². The van der Waals surface area contributed by atoms with Crippen LogP contribution < -0.4 is 0 Å². The summed E-state index contributed by atoms with van der Waals surface area (Å²) in [7, 11) is -4.25. The first kappa shape index (κ1) is 34.3. The van der Waals surface area contributed by atoms with Crippen LogP contribution in [0.25, 0.3) is 12.2 Å². The van der Waals surface area contributed by atoms with Gasteiger partial charge in [-0.15, -0.1) is 13.2 Å². The van der Waals surface area contributed by atoms with Crippen molar-refractivity contribution >= 4 is 28.8 Å². The highest BCUT2D eigenvalue weighted by Gasteiger charge is 2.47. The van der Waals surface area contributed by atoms with Gasteiger partial charge in [0.2, 0.25) is 0 Å². The van der Waals surface area contributed by atoms with Crippen molar-refractivity contribution in [1.29, 1.82) is 0 Å². The first-order valence-electron chi connectivity index (χ1n) is 16.9. The van der Waals surface area contributed by atoms with Crippen LogP contribution in [0.2, 0.25) is 34.3 Å². The van der Waals surface area contributed by atoms with Crippen molar-refractivity contribution in [3.05, 3.63) is 119 Å². The van der Waals surface area contributed by atoms with Gasteiger partial charge in [-0.25, -0.2) is 0 Å². The van der Waals surface area contributed by atoms with Gasteiger partial charge in [0.05, 0.1) is 23.4 Å². The van der Waals surface area contributed by atoms with Crippen molar-refractivity contribution < 1.29 is 8.85 Å². The third-order valence-corrected chi connectivity index (χ3v) is 21.5. The lowest BCUT2D eigenvalue weighted by Gasteiger charge is -2.41. The Balaban J connectivity index is 1.67. The van der Waals surface area contributed by atoms with Gasteiger partial charge in [-0.05, 0) is 94.3 Å². The monoisotopic (exact) mass is 624 g/mol. The fourth-order valence-corrected chi connectivity index (χ4v) is 16.2. The molecule has 2 nitrogen and oxygen atoms in total. The van der Waals surface area contributed by atoms with Gasteiger partial charge in [0.25, 0.3) is 16.6 Å². The van der Waals surface area contributed by atoms with Crippen molar-refractivity contribution in [2.75, 3.05) is 0 Å². The van der Waals surface area contributed by atoms with E-state index >= 15 is 0 Å². The second-order valence-corrected chi connectivity index (χ2v) is 23.9. The smallest absolute Gasteiger partial charge is 0.256 e. The summed E-state index contributed by atoms with van der Waals surface area (Å²) >= 11 is 0. The standard InChI is InChI=1S/C40H56O2Si2/c1-11-13-25-43(29(3)4,30(5)6)41-39-27-33-19-15-17-21-35(33)37(39)23-24-38-36-22-18-16-20-34(36)28-40(38)42-44(31(7)8,32(9)10)26-14-12-2/h11-12,15-22,27-32H,1-2,13-14,23-26H2,3-10H3. The summed E-state index contributed by atoms with van der Waals surface area (Å²) in [6, 6.07) is 19.8. The molecular formula is C40H56O2Si2. The minimum atomic E-state index is -2.12. The SMILES string of the molecule is C=CCC[Si](OC1=Cc2ccccc2[C]1CC[C]1C(O[Si](CCC=C)(C(C)C)C(C)C)=Cc2ccccc21)(C(C)C)C(C)C. The van der Waals surface area contributed by atoms with Crippen LogP contribution >= 0.6 is 0 Å². The van der Waals surface area contributed by atoms with Crippen molar-refractivity contribution in [3.8, 4) is 0 Å². The normalized spacial score (nSPS) is 15.5. The molecule has 0 atom stereocenters. The second-order valence-electron chi connectivity index (χ2n) is 14.0. The van der Waals surface area contributed by atoms with Crippen molar-refractivity contribution in [2.24, 2.45) is 0 Å². The molecule has 2 radical (unpaired) electrons. The van der Waals surface area contributed by atoms with E-state index < -0.39 is 16.6 Å². The van der Waals surface area contributed by atoms with Gasteiger partial charge in [-0.2, -0.15) is 0 Å². The fourth-order valence-electron chi connectivity index (χ4n) is 7.59. The Labute approximate surface area is 271 Å². The van der Waals surface area contributed by atoms with Crippen LogP contribution in [0.1, 0.15) is 103 Å². The fraction of sp³-hybridized carbons (Fsp3) is 0.450. The summed E-state index contributed by atoms with van der Waals surface area (Å²) in [6.45, 7) is 27.0. The van der Waals surface area contributed by atoms with E-state index in [9.17, 15) is 0 Å². The van der Waals surface area contributed by atoms with E-state index in [4.69, 9.17) is 8.85 Å².